The van der Waals surface area contributed by atoms with Crippen LogP contribution in [0.2, 0.25) is 5.02 Å². The summed E-state index contributed by atoms with van der Waals surface area (Å²) in [7, 11) is 0. The molecule has 0 amide bonds. The number of carboxylic acid groups (broad SMARTS) is 1. The number of hydrogen-bond acceptors (Lipinski definition) is 4. The predicted molar refractivity (Wildman–Crippen MR) is 116 cm³/mol. The van der Waals surface area contributed by atoms with Crippen LogP contribution in [-0.2, 0) is 4.79 Å². The van der Waals surface area contributed by atoms with E-state index in [4.69, 9.17) is 16.7 Å². The number of unbranched alkanes of at least 4 members (excludes halogenated alkanes) is 3. The van der Waals surface area contributed by atoms with Crippen LogP contribution in [0.5, 0.6) is 0 Å². The van der Waals surface area contributed by atoms with Gasteiger partial charge in [0.05, 0.1) is 22.2 Å². The summed E-state index contributed by atoms with van der Waals surface area (Å²) in [5.41, 5.74) is 1.94. The highest BCUT2D eigenvalue weighted by molar-refractivity contribution is 6.31. The predicted octanol–water partition coefficient (Wildman–Crippen LogP) is 4.63. The second kappa shape index (κ2) is 8.24. The van der Waals surface area contributed by atoms with Crippen molar-refractivity contribution in [2.24, 2.45) is 0 Å². The van der Waals surface area contributed by atoms with E-state index in [-0.39, 0.29) is 23.6 Å². The lowest BCUT2D eigenvalue weighted by Crippen LogP contribution is -2.21. The van der Waals surface area contributed by atoms with Gasteiger partial charge in [-0.1, -0.05) is 36.2 Å². The Balaban J connectivity index is 1.59. The highest BCUT2D eigenvalue weighted by Crippen LogP contribution is 2.28. The molecule has 0 fully saturated rings. The maximum Gasteiger partial charge on any atom is 0.303 e. The van der Waals surface area contributed by atoms with Gasteiger partial charge in [-0.3, -0.25) is 19.0 Å². The third-order valence-corrected chi connectivity index (χ3v) is 5.35. The molecule has 0 radical (unpaired) electrons. The van der Waals surface area contributed by atoms with E-state index in [0.717, 1.165) is 24.8 Å². The summed E-state index contributed by atoms with van der Waals surface area (Å²) in [5, 5.41) is 9.52. The highest BCUT2D eigenvalue weighted by Gasteiger charge is 2.30. The monoisotopic (exact) mass is 422 g/mol. The topological polar surface area (TPSA) is 89.3 Å². The largest absolute Gasteiger partial charge is 0.481 e. The molecule has 0 spiro atoms. The number of fused-ring (bicyclic) bond motifs is 4. The van der Waals surface area contributed by atoms with E-state index in [0.29, 0.717) is 33.6 Å². The number of allylic oxidation sites excluding steroid dienone is 1. The van der Waals surface area contributed by atoms with Crippen molar-refractivity contribution in [2.75, 3.05) is 0 Å². The second-order valence-electron chi connectivity index (χ2n) is 7.24. The molecule has 4 rings (SSSR count). The van der Waals surface area contributed by atoms with Crippen LogP contribution in [-0.4, -0.2) is 26.4 Å². The first kappa shape index (κ1) is 20.0. The Morgan fingerprint density at radius 3 is 2.73 bits per heavy atom. The molecule has 1 aliphatic rings. The Labute approximate surface area is 177 Å². The molecular formula is C23H19ClN2O4. The van der Waals surface area contributed by atoms with Crippen LogP contribution < -0.4 is 5.56 Å². The minimum Gasteiger partial charge on any atom is -0.481 e. The Bertz CT molecular complexity index is 1260. The van der Waals surface area contributed by atoms with E-state index in [1.807, 2.05) is 18.2 Å². The molecule has 2 aromatic carbocycles. The number of carboxylic acids is 1. The Morgan fingerprint density at radius 1 is 1.10 bits per heavy atom. The van der Waals surface area contributed by atoms with Crippen molar-refractivity contribution < 1.29 is 14.7 Å². The summed E-state index contributed by atoms with van der Waals surface area (Å²) in [5.74, 6) is -0.965. The quantitative estimate of drug-likeness (QED) is 0.438. The Kier molecular flexibility index (Phi) is 5.50. The number of hydrogen-bond donors (Lipinski definition) is 1. The third kappa shape index (κ3) is 3.78. The number of nitrogens with zero attached hydrogens (tertiary/aromatic N) is 2. The van der Waals surface area contributed by atoms with E-state index < -0.39 is 5.97 Å². The van der Waals surface area contributed by atoms with Crippen molar-refractivity contribution in [1.29, 1.82) is 0 Å². The number of carbonyl (C=O) groups excluding carboxylic acids is 1. The third-order valence-electron chi connectivity index (χ3n) is 5.11. The van der Waals surface area contributed by atoms with Crippen LogP contribution >= 0.6 is 11.6 Å². The summed E-state index contributed by atoms with van der Waals surface area (Å²) in [6.45, 7) is 0. The van der Waals surface area contributed by atoms with Crippen molar-refractivity contribution in [3.63, 3.8) is 0 Å². The molecule has 2 heterocycles. The number of carbonyl (C=O) groups is 2. The molecule has 30 heavy (non-hydrogen) atoms. The molecule has 0 aliphatic carbocycles. The maximum atomic E-state index is 13.1. The Hall–Kier alpha value is -3.25. The summed E-state index contributed by atoms with van der Waals surface area (Å²) in [6, 6.07) is 10.2. The van der Waals surface area contributed by atoms with Crippen molar-refractivity contribution >= 4 is 40.3 Å². The molecule has 1 aromatic heterocycles. The standard InChI is InChI=1S/C23H19ClN2O4/c24-15-9-11-19-17(13-15)21(29)22-25-18-10-8-14(12-16(18)23(30)26(19)22)6-4-2-1-3-5-7-20(27)28/h4,6,8-13H,1-3,5,7H2,(H,27,28). The number of aliphatic carboxylic acids is 1. The zero-order chi connectivity index (χ0) is 21.3. The van der Waals surface area contributed by atoms with Crippen LogP contribution in [0.25, 0.3) is 22.7 Å². The second-order valence-corrected chi connectivity index (χ2v) is 7.68. The van der Waals surface area contributed by atoms with Crippen molar-refractivity contribution in [3.8, 4) is 5.69 Å². The lowest BCUT2D eigenvalue weighted by atomic mass is 10.1. The fraction of sp³-hybridized carbons (Fsp3) is 0.217. The molecule has 0 saturated heterocycles. The van der Waals surface area contributed by atoms with Gasteiger partial charge in [-0.15, -0.1) is 0 Å². The van der Waals surface area contributed by atoms with Gasteiger partial charge in [-0.05, 0) is 55.2 Å². The van der Waals surface area contributed by atoms with Crippen LogP contribution in [0, 0.1) is 0 Å². The van der Waals surface area contributed by atoms with Crippen LogP contribution in [0.1, 0.15) is 53.8 Å². The average molecular weight is 423 g/mol. The van der Waals surface area contributed by atoms with E-state index in [1.165, 1.54) is 4.57 Å². The molecule has 0 bridgehead atoms. The van der Waals surface area contributed by atoms with Crippen LogP contribution in [0.15, 0.2) is 47.3 Å². The van der Waals surface area contributed by atoms with Crippen molar-refractivity contribution in [3.05, 3.63) is 74.8 Å². The van der Waals surface area contributed by atoms with E-state index in [1.54, 1.807) is 30.3 Å². The number of halogens is 1. The highest BCUT2D eigenvalue weighted by atomic mass is 35.5. The van der Waals surface area contributed by atoms with Crippen molar-refractivity contribution in [1.82, 2.24) is 9.55 Å². The van der Waals surface area contributed by atoms with Gasteiger partial charge in [-0.2, -0.15) is 0 Å². The van der Waals surface area contributed by atoms with Gasteiger partial charge in [0, 0.05) is 11.4 Å². The van der Waals surface area contributed by atoms with Crippen LogP contribution in [0.3, 0.4) is 0 Å². The SMILES string of the molecule is O=C(O)CCCCCC=Cc1ccc2nc3n(c(=O)c2c1)-c1ccc(Cl)cc1C3=O. The lowest BCUT2D eigenvalue weighted by Gasteiger charge is -2.06. The first-order chi connectivity index (χ1) is 14.5. The summed E-state index contributed by atoms with van der Waals surface area (Å²) < 4.78 is 1.35. The number of rotatable bonds is 7. The number of aromatic nitrogens is 2. The van der Waals surface area contributed by atoms with Gasteiger partial charge >= 0.3 is 5.97 Å². The first-order valence-electron chi connectivity index (χ1n) is 9.75. The van der Waals surface area contributed by atoms with E-state index in [2.05, 4.69) is 4.98 Å². The number of ketones is 1. The molecule has 152 valence electrons. The maximum absolute atomic E-state index is 13.1. The molecule has 0 atom stereocenters. The van der Waals surface area contributed by atoms with Crippen LogP contribution in [0.4, 0.5) is 0 Å². The summed E-state index contributed by atoms with van der Waals surface area (Å²) in [4.78, 5) is 40.7. The number of benzene rings is 2. The zero-order valence-electron chi connectivity index (χ0n) is 16.1. The molecule has 1 aliphatic heterocycles. The van der Waals surface area contributed by atoms with Gasteiger partial charge in [0.25, 0.3) is 5.56 Å². The van der Waals surface area contributed by atoms with Gasteiger partial charge in [0.2, 0.25) is 5.78 Å². The fourth-order valence-electron chi connectivity index (χ4n) is 3.62. The summed E-state index contributed by atoms with van der Waals surface area (Å²) in [6.07, 6.45) is 7.45. The normalized spacial score (nSPS) is 12.5. The van der Waals surface area contributed by atoms with Gasteiger partial charge < -0.3 is 5.11 Å². The van der Waals surface area contributed by atoms with E-state index >= 15 is 0 Å². The first-order valence-corrected chi connectivity index (χ1v) is 10.1. The average Bonchev–Trinajstić information content (AvgIpc) is 2.99. The Morgan fingerprint density at radius 2 is 1.93 bits per heavy atom. The molecule has 0 saturated carbocycles. The molecule has 0 unspecified atom stereocenters. The van der Waals surface area contributed by atoms with Gasteiger partial charge in [-0.25, -0.2) is 4.98 Å². The smallest absolute Gasteiger partial charge is 0.303 e. The van der Waals surface area contributed by atoms with Gasteiger partial charge in [0.1, 0.15) is 0 Å². The fourth-order valence-corrected chi connectivity index (χ4v) is 3.79. The molecule has 1 N–H and O–H groups in total. The molecule has 7 heteroatoms. The van der Waals surface area contributed by atoms with Gasteiger partial charge in [0.15, 0.2) is 5.82 Å². The van der Waals surface area contributed by atoms with Crippen molar-refractivity contribution in [2.45, 2.75) is 32.1 Å². The lowest BCUT2D eigenvalue weighted by molar-refractivity contribution is -0.137. The minimum atomic E-state index is -0.763. The summed E-state index contributed by atoms with van der Waals surface area (Å²) >= 11 is 6.01. The zero-order valence-corrected chi connectivity index (χ0v) is 16.9. The molecule has 6 nitrogen and oxygen atoms in total. The van der Waals surface area contributed by atoms with E-state index in [9.17, 15) is 14.4 Å². The minimum absolute atomic E-state index is 0.106. The molecular weight excluding hydrogens is 404 g/mol. The molecule has 3 aromatic rings.